The van der Waals surface area contributed by atoms with Crippen molar-refractivity contribution in [3.63, 3.8) is 0 Å². The zero-order chi connectivity index (χ0) is 25.1. The molecule has 36 heavy (non-hydrogen) atoms. The van der Waals surface area contributed by atoms with Crippen molar-refractivity contribution in [2.75, 3.05) is 51.4 Å². The van der Waals surface area contributed by atoms with Crippen molar-refractivity contribution in [2.45, 2.75) is 20.1 Å². The number of carbonyl (C=O) groups excluding carboxylic acids is 1. The molecule has 0 saturated carbocycles. The van der Waals surface area contributed by atoms with Gasteiger partial charge in [-0.3, -0.25) is 4.79 Å². The maximum Gasteiger partial charge on any atom is 0.233 e. The van der Waals surface area contributed by atoms with Crippen LogP contribution in [0.15, 0.2) is 36.5 Å². The number of anilines is 1. The Balaban J connectivity index is 1.41. The molecule has 0 aliphatic carbocycles. The highest BCUT2D eigenvalue weighted by Gasteiger charge is 2.43. The molecule has 4 heterocycles. The number of carbonyl (C=O) groups is 1. The summed E-state index contributed by atoms with van der Waals surface area (Å²) < 4.78 is 31.0. The standard InChI is InChI=1S/C25H29FN6O4/c1-3-27-24-28-9-8-18(29-24)20-19(16-4-6-17(26)7-5-16)30-21(31-20)22-35-14-25(2,15-36-22)23(33)32-10-12-34-13-11-32/h4-9,22H,3,10-15H2,1-2H3,(H,30,31)(H,27,28,29). The van der Waals surface area contributed by atoms with Gasteiger partial charge in [0.25, 0.3) is 0 Å². The third-order valence-electron chi connectivity index (χ3n) is 6.23. The first-order valence-electron chi connectivity index (χ1n) is 12.0. The number of aromatic nitrogens is 4. The predicted octanol–water partition coefficient (Wildman–Crippen LogP) is 3.02. The number of H-pyrrole nitrogens is 1. The second-order valence-corrected chi connectivity index (χ2v) is 9.07. The highest BCUT2D eigenvalue weighted by atomic mass is 19.1. The van der Waals surface area contributed by atoms with Crippen molar-refractivity contribution in [3.05, 3.63) is 48.2 Å². The van der Waals surface area contributed by atoms with Crippen LogP contribution >= 0.6 is 0 Å². The molecule has 0 radical (unpaired) electrons. The number of rotatable bonds is 6. The molecule has 2 aromatic heterocycles. The lowest BCUT2D eigenvalue weighted by molar-refractivity contribution is -0.235. The van der Waals surface area contributed by atoms with E-state index in [2.05, 4.69) is 20.3 Å². The summed E-state index contributed by atoms with van der Waals surface area (Å²) in [6, 6.07) is 7.85. The third kappa shape index (κ3) is 4.95. The monoisotopic (exact) mass is 496 g/mol. The Bertz CT molecular complexity index is 1200. The van der Waals surface area contributed by atoms with Crippen molar-refractivity contribution >= 4 is 11.9 Å². The smallest absolute Gasteiger partial charge is 0.233 e. The van der Waals surface area contributed by atoms with Gasteiger partial charge in [0.15, 0.2) is 5.82 Å². The average molecular weight is 497 g/mol. The van der Waals surface area contributed by atoms with E-state index in [9.17, 15) is 9.18 Å². The van der Waals surface area contributed by atoms with Crippen molar-refractivity contribution in [1.82, 2.24) is 24.8 Å². The van der Waals surface area contributed by atoms with E-state index in [1.807, 2.05) is 13.8 Å². The first kappa shape index (κ1) is 24.3. The van der Waals surface area contributed by atoms with Gasteiger partial charge in [0.05, 0.1) is 48.9 Å². The molecule has 0 unspecified atom stereocenters. The lowest BCUT2D eigenvalue weighted by atomic mass is 9.90. The van der Waals surface area contributed by atoms with E-state index in [1.54, 1.807) is 29.3 Å². The topological polar surface area (TPSA) is 114 Å². The number of imidazole rings is 1. The van der Waals surface area contributed by atoms with Crippen LogP contribution in [-0.4, -0.2) is 76.8 Å². The zero-order valence-electron chi connectivity index (χ0n) is 20.3. The van der Waals surface area contributed by atoms with Gasteiger partial charge in [-0.25, -0.2) is 19.3 Å². The van der Waals surface area contributed by atoms with E-state index in [-0.39, 0.29) is 24.9 Å². The number of nitrogens with zero attached hydrogens (tertiary/aromatic N) is 4. The van der Waals surface area contributed by atoms with Gasteiger partial charge in [-0.15, -0.1) is 0 Å². The molecule has 5 rings (SSSR count). The Morgan fingerprint density at radius 2 is 1.89 bits per heavy atom. The van der Waals surface area contributed by atoms with Gasteiger partial charge in [-0.1, -0.05) is 0 Å². The van der Waals surface area contributed by atoms with Crippen LogP contribution in [-0.2, 0) is 19.0 Å². The van der Waals surface area contributed by atoms with Crippen LogP contribution in [0.3, 0.4) is 0 Å². The Morgan fingerprint density at radius 3 is 2.58 bits per heavy atom. The number of amides is 1. The molecular weight excluding hydrogens is 467 g/mol. The number of morpholine rings is 1. The van der Waals surface area contributed by atoms with Crippen molar-refractivity contribution in [1.29, 1.82) is 0 Å². The third-order valence-corrected chi connectivity index (χ3v) is 6.23. The minimum atomic E-state index is -0.795. The quantitative estimate of drug-likeness (QED) is 0.535. The van der Waals surface area contributed by atoms with E-state index in [0.717, 1.165) is 0 Å². The number of hydrogen-bond acceptors (Lipinski definition) is 8. The average Bonchev–Trinajstić information content (AvgIpc) is 3.35. The van der Waals surface area contributed by atoms with Crippen molar-refractivity contribution < 1.29 is 23.4 Å². The van der Waals surface area contributed by atoms with Crippen LogP contribution in [0.1, 0.15) is 26.0 Å². The minimum Gasteiger partial charge on any atom is -0.378 e. The van der Waals surface area contributed by atoms with Gasteiger partial charge in [0, 0.05) is 31.4 Å². The van der Waals surface area contributed by atoms with Gasteiger partial charge < -0.3 is 29.4 Å². The van der Waals surface area contributed by atoms with E-state index < -0.39 is 11.7 Å². The van der Waals surface area contributed by atoms with Crippen molar-refractivity contribution in [2.24, 2.45) is 5.41 Å². The summed E-state index contributed by atoms with van der Waals surface area (Å²) in [5.41, 5.74) is 1.73. The number of ether oxygens (including phenoxy) is 3. The molecule has 3 aromatic rings. The summed E-state index contributed by atoms with van der Waals surface area (Å²) in [4.78, 5) is 31.7. The van der Waals surface area contributed by atoms with Crippen LogP contribution in [0, 0.1) is 11.2 Å². The largest absolute Gasteiger partial charge is 0.378 e. The summed E-state index contributed by atoms with van der Waals surface area (Å²) in [6.45, 7) is 7.06. The minimum absolute atomic E-state index is 0.00618. The van der Waals surface area contributed by atoms with E-state index >= 15 is 0 Å². The van der Waals surface area contributed by atoms with Crippen LogP contribution in [0.4, 0.5) is 10.3 Å². The van der Waals surface area contributed by atoms with E-state index in [4.69, 9.17) is 19.2 Å². The van der Waals surface area contributed by atoms with Crippen molar-refractivity contribution in [3.8, 4) is 22.6 Å². The molecule has 0 spiro atoms. The predicted molar refractivity (Wildman–Crippen MR) is 129 cm³/mol. The summed E-state index contributed by atoms with van der Waals surface area (Å²) in [6.07, 6.45) is 0.865. The molecule has 2 aliphatic heterocycles. The molecule has 2 N–H and O–H groups in total. The molecule has 1 amide bonds. The SMILES string of the molecule is CCNc1nccc(-c2[nH]c(C3OCC(C)(C(=O)N4CCOCC4)CO3)nc2-c2ccc(F)cc2)n1. The second-order valence-electron chi connectivity index (χ2n) is 9.07. The first-order chi connectivity index (χ1) is 17.5. The first-order valence-corrected chi connectivity index (χ1v) is 12.0. The molecule has 2 fully saturated rings. The second kappa shape index (κ2) is 10.3. The summed E-state index contributed by atoms with van der Waals surface area (Å²) in [7, 11) is 0. The van der Waals surface area contributed by atoms with E-state index in [0.29, 0.717) is 67.3 Å². The maximum atomic E-state index is 13.6. The maximum absolute atomic E-state index is 13.6. The Labute approximate surface area is 208 Å². The Hall–Kier alpha value is -3.41. The van der Waals surface area contributed by atoms with Gasteiger partial charge in [-0.2, -0.15) is 0 Å². The fourth-order valence-electron chi connectivity index (χ4n) is 4.28. The van der Waals surface area contributed by atoms with E-state index in [1.165, 1.54) is 12.1 Å². The lowest BCUT2D eigenvalue weighted by Crippen LogP contribution is -2.53. The lowest BCUT2D eigenvalue weighted by Gasteiger charge is -2.39. The molecule has 2 aliphatic rings. The molecule has 11 heteroatoms. The fraction of sp³-hybridized carbons (Fsp3) is 0.440. The van der Waals surface area contributed by atoms with Gasteiger partial charge in [0.2, 0.25) is 18.1 Å². The molecule has 0 bridgehead atoms. The molecule has 1 aromatic carbocycles. The number of nitrogens with one attached hydrogen (secondary N) is 2. The van der Waals surface area contributed by atoms with Crippen LogP contribution in [0.25, 0.3) is 22.6 Å². The number of aromatic amines is 1. The highest BCUT2D eigenvalue weighted by Crippen LogP contribution is 2.36. The van der Waals surface area contributed by atoms with Crippen LogP contribution in [0.2, 0.25) is 0 Å². The zero-order valence-corrected chi connectivity index (χ0v) is 20.3. The van der Waals surface area contributed by atoms with Gasteiger partial charge in [-0.05, 0) is 44.2 Å². The van der Waals surface area contributed by atoms with Gasteiger partial charge in [0.1, 0.15) is 5.82 Å². The molecule has 190 valence electrons. The summed E-state index contributed by atoms with van der Waals surface area (Å²) in [5.74, 6) is 0.580. The van der Waals surface area contributed by atoms with Crippen LogP contribution < -0.4 is 5.32 Å². The number of hydrogen-bond donors (Lipinski definition) is 2. The van der Waals surface area contributed by atoms with Crippen LogP contribution in [0.5, 0.6) is 0 Å². The van der Waals surface area contributed by atoms with Gasteiger partial charge >= 0.3 is 0 Å². The number of halogens is 1. The fourth-order valence-corrected chi connectivity index (χ4v) is 4.28. The molecular formula is C25H29FN6O4. The summed E-state index contributed by atoms with van der Waals surface area (Å²) >= 11 is 0. The highest BCUT2D eigenvalue weighted by molar-refractivity contribution is 5.83. The molecule has 0 atom stereocenters. The normalized spacial score (nSPS) is 22.4. The molecule has 10 nitrogen and oxygen atoms in total. The Kier molecular flexibility index (Phi) is 6.95. The Morgan fingerprint density at radius 1 is 1.17 bits per heavy atom. The number of benzene rings is 1. The molecule has 2 saturated heterocycles. The summed E-state index contributed by atoms with van der Waals surface area (Å²) in [5, 5.41) is 3.10.